The van der Waals surface area contributed by atoms with Crippen molar-refractivity contribution in [3.8, 4) is 0 Å². The summed E-state index contributed by atoms with van der Waals surface area (Å²) in [4.78, 5) is 37.2. The first-order valence-electron chi connectivity index (χ1n) is 8.38. The highest BCUT2D eigenvalue weighted by molar-refractivity contribution is 8.00. The van der Waals surface area contributed by atoms with Crippen LogP contribution in [-0.2, 0) is 9.59 Å². The lowest BCUT2D eigenvalue weighted by Gasteiger charge is -2.28. The molecular formula is C18H18N4O2S2. The minimum atomic E-state index is -0.0811. The first-order valence-corrected chi connectivity index (χ1v) is 10.5. The smallest absolute Gasteiger partial charge is 0.233 e. The Morgan fingerprint density at radius 2 is 1.27 bits per heavy atom. The third-order valence-electron chi connectivity index (χ3n) is 4.40. The molecule has 0 N–H and O–H groups in total. The molecule has 0 saturated carbocycles. The minimum Gasteiger partial charge on any atom is -0.322 e. The molecule has 2 aromatic rings. The summed E-state index contributed by atoms with van der Waals surface area (Å²) in [6, 6.07) is 11.5. The van der Waals surface area contributed by atoms with Crippen LogP contribution in [-0.4, -0.2) is 56.2 Å². The highest BCUT2D eigenvalue weighted by Crippen LogP contribution is 2.39. The van der Waals surface area contributed by atoms with Crippen LogP contribution in [0.4, 0.5) is 0 Å². The largest absolute Gasteiger partial charge is 0.322 e. The molecule has 2 amide bonds. The molecule has 0 spiro atoms. The SMILES string of the molecule is O=C1CS[C@@H](c2ccccn2)N1CCN1C(=O)CS[C@H]1c1ccccn1. The van der Waals surface area contributed by atoms with Gasteiger partial charge in [-0.3, -0.25) is 19.6 Å². The zero-order chi connectivity index (χ0) is 17.9. The van der Waals surface area contributed by atoms with E-state index in [9.17, 15) is 9.59 Å². The Morgan fingerprint density at radius 1 is 0.808 bits per heavy atom. The molecule has 0 aromatic carbocycles. The molecule has 6 nitrogen and oxygen atoms in total. The van der Waals surface area contributed by atoms with Gasteiger partial charge in [0.15, 0.2) is 0 Å². The molecule has 134 valence electrons. The van der Waals surface area contributed by atoms with Crippen molar-refractivity contribution in [1.82, 2.24) is 19.8 Å². The van der Waals surface area contributed by atoms with Gasteiger partial charge in [0.1, 0.15) is 10.7 Å². The van der Waals surface area contributed by atoms with E-state index in [0.717, 1.165) is 11.4 Å². The van der Waals surface area contributed by atoms with Gasteiger partial charge in [-0.25, -0.2) is 0 Å². The van der Waals surface area contributed by atoms with Crippen molar-refractivity contribution >= 4 is 35.3 Å². The van der Waals surface area contributed by atoms with Crippen LogP contribution < -0.4 is 0 Å². The maximum Gasteiger partial charge on any atom is 0.233 e. The van der Waals surface area contributed by atoms with Gasteiger partial charge in [0.2, 0.25) is 11.8 Å². The van der Waals surface area contributed by atoms with Crippen molar-refractivity contribution in [3.63, 3.8) is 0 Å². The Morgan fingerprint density at radius 3 is 1.65 bits per heavy atom. The van der Waals surface area contributed by atoms with Crippen molar-refractivity contribution in [3.05, 3.63) is 60.2 Å². The first kappa shape index (κ1) is 17.4. The standard InChI is InChI=1S/C18H18N4O2S2/c23-15-11-25-17(13-5-1-3-7-19-13)21(15)9-10-22-16(24)12-26-18(22)14-6-2-4-8-20-14/h1-8,17-18H,9-12H2/t17-,18-/m0/s1. The summed E-state index contributed by atoms with van der Waals surface area (Å²) in [5.74, 6) is 1.10. The topological polar surface area (TPSA) is 66.4 Å². The normalized spacial score (nSPS) is 23.1. The van der Waals surface area contributed by atoms with Crippen LogP contribution in [0.3, 0.4) is 0 Å². The zero-order valence-electron chi connectivity index (χ0n) is 14.0. The fourth-order valence-electron chi connectivity index (χ4n) is 3.14. The molecule has 4 heterocycles. The summed E-state index contributed by atoms with van der Waals surface area (Å²) in [5, 5.41) is -0.162. The molecule has 2 aromatic heterocycles. The molecule has 2 aliphatic rings. The van der Waals surface area contributed by atoms with Crippen LogP contribution in [0.15, 0.2) is 48.8 Å². The summed E-state index contributed by atoms with van der Waals surface area (Å²) >= 11 is 3.17. The first-order chi connectivity index (χ1) is 12.7. The van der Waals surface area contributed by atoms with E-state index >= 15 is 0 Å². The third kappa shape index (κ3) is 3.43. The number of aromatic nitrogens is 2. The molecule has 2 aliphatic heterocycles. The van der Waals surface area contributed by atoms with E-state index in [-0.39, 0.29) is 22.6 Å². The van der Waals surface area contributed by atoms with E-state index in [1.165, 1.54) is 0 Å². The maximum atomic E-state index is 12.4. The second kappa shape index (κ2) is 7.67. The molecule has 4 rings (SSSR count). The van der Waals surface area contributed by atoms with E-state index < -0.39 is 0 Å². The van der Waals surface area contributed by atoms with Crippen LogP contribution in [0.1, 0.15) is 22.1 Å². The molecule has 2 fully saturated rings. The summed E-state index contributed by atoms with van der Waals surface area (Å²) in [7, 11) is 0. The molecule has 26 heavy (non-hydrogen) atoms. The molecule has 2 atom stereocenters. The van der Waals surface area contributed by atoms with Crippen LogP contribution in [0.2, 0.25) is 0 Å². The number of rotatable bonds is 5. The summed E-state index contributed by atoms with van der Waals surface area (Å²) in [6.07, 6.45) is 3.49. The molecular weight excluding hydrogens is 368 g/mol. The van der Waals surface area contributed by atoms with E-state index in [1.807, 2.05) is 46.2 Å². The number of hydrogen-bond donors (Lipinski definition) is 0. The van der Waals surface area contributed by atoms with Gasteiger partial charge in [0.25, 0.3) is 0 Å². The summed E-state index contributed by atoms with van der Waals surface area (Å²) < 4.78 is 0. The quantitative estimate of drug-likeness (QED) is 0.786. The van der Waals surface area contributed by atoms with Crippen molar-refractivity contribution in [1.29, 1.82) is 0 Å². The van der Waals surface area contributed by atoms with E-state index in [4.69, 9.17) is 0 Å². The molecule has 0 aliphatic carbocycles. The van der Waals surface area contributed by atoms with Gasteiger partial charge in [-0.05, 0) is 24.3 Å². The van der Waals surface area contributed by atoms with Gasteiger partial charge in [-0.1, -0.05) is 12.1 Å². The van der Waals surface area contributed by atoms with Crippen molar-refractivity contribution in [2.45, 2.75) is 10.7 Å². The molecule has 0 radical (unpaired) electrons. The number of pyridine rings is 2. The minimum absolute atomic E-state index is 0.0811. The lowest BCUT2D eigenvalue weighted by Crippen LogP contribution is -2.39. The van der Waals surface area contributed by atoms with E-state index in [0.29, 0.717) is 24.6 Å². The monoisotopic (exact) mass is 386 g/mol. The van der Waals surface area contributed by atoms with Gasteiger partial charge in [0, 0.05) is 25.5 Å². The highest BCUT2D eigenvalue weighted by Gasteiger charge is 2.37. The third-order valence-corrected chi connectivity index (χ3v) is 6.85. The average molecular weight is 387 g/mol. The number of carbonyl (C=O) groups excluding carboxylic acids is 2. The van der Waals surface area contributed by atoms with E-state index in [2.05, 4.69) is 9.97 Å². The Labute approximate surface area is 160 Å². The summed E-state index contributed by atoms with van der Waals surface area (Å²) in [6.45, 7) is 1.01. The number of hydrogen-bond acceptors (Lipinski definition) is 6. The second-order valence-electron chi connectivity index (χ2n) is 6.01. The molecule has 8 heteroatoms. The Balaban J connectivity index is 1.48. The fourth-order valence-corrected chi connectivity index (χ4v) is 5.50. The summed E-state index contributed by atoms with van der Waals surface area (Å²) in [5.41, 5.74) is 1.76. The number of amides is 2. The highest BCUT2D eigenvalue weighted by atomic mass is 32.2. The molecule has 0 unspecified atom stereocenters. The predicted molar refractivity (Wildman–Crippen MR) is 102 cm³/mol. The zero-order valence-corrected chi connectivity index (χ0v) is 15.7. The van der Waals surface area contributed by atoms with Gasteiger partial charge in [0.05, 0.1) is 22.9 Å². The van der Waals surface area contributed by atoms with Gasteiger partial charge in [-0.15, -0.1) is 23.5 Å². The predicted octanol–water partition coefficient (Wildman–Crippen LogP) is 2.32. The Hall–Kier alpha value is -2.06. The average Bonchev–Trinajstić information content (AvgIpc) is 3.24. The van der Waals surface area contributed by atoms with E-state index in [1.54, 1.807) is 35.9 Å². The van der Waals surface area contributed by atoms with Crippen LogP contribution >= 0.6 is 23.5 Å². The molecule has 2 saturated heterocycles. The van der Waals surface area contributed by atoms with Crippen LogP contribution in [0, 0.1) is 0 Å². The fraction of sp³-hybridized carbons (Fsp3) is 0.333. The second-order valence-corrected chi connectivity index (χ2v) is 8.15. The van der Waals surface area contributed by atoms with Gasteiger partial charge in [-0.2, -0.15) is 0 Å². The lowest BCUT2D eigenvalue weighted by atomic mass is 10.3. The van der Waals surface area contributed by atoms with Gasteiger partial charge < -0.3 is 9.80 Å². The number of thioether (sulfide) groups is 2. The van der Waals surface area contributed by atoms with Crippen molar-refractivity contribution < 1.29 is 9.59 Å². The molecule has 0 bridgehead atoms. The Bertz CT molecular complexity index is 723. The Kier molecular flexibility index (Phi) is 5.12. The van der Waals surface area contributed by atoms with Crippen LogP contribution in [0.5, 0.6) is 0 Å². The number of nitrogens with zero attached hydrogens (tertiary/aromatic N) is 4. The van der Waals surface area contributed by atoms with Crippen LogP contribution in [0.25, 0.3) is 0 Å². The maximum absolute atomic E-state index is 12.4. The van der Waals surface area contributed by atoms with Crippen molar-refractivity contribution in [2.24, 2.45) is 0 Å². The lowest BCUT2D eigenvalue weighted by molar-refractivity contribution is -0.132. The van der Waals surface area contributed by atoms with Gasteiger partial charge >= 0.3 is 0 Å². The van der Waals surface area contributed by atoms with Crippen molar-refractivity contribution in [2.75, 3.05) is 24.6 Å². The number of carbonyl (C=O) groups is 2.